The first-order chi connectivity index (χ1) is 14.5. The Morgan fingerprint density at radius 3 is 2.42 bits per heavy atom. The number of anilines is 2. The lowest BCUT2D eigenvalue weighted by atomic mass is 9.93. The highest BCUT2D eigenvalue weighted by atomic mass is 32.1. The number of nitrogens with one attached hydrogen (secondary N) is 2. The maximum atomic E-state index is 12.5. The Labute approximate surface area is 186 Å². The van der Waals surface area contributed by atoms with E-state index in [1.54, 1.807) is 29.2 Å². The first-order valence-corrected chi connectivity index (χ1v) is 11.2. The fourth-order valence-electron chi connectivity index (χ4n) is 3.35. The van der Waals surface area contributed by atoms with Crippen LogP contribution in [0.4, 0.5) is 10.8 Å². The van der Waals surface area contributed by atoms with E-state index < -0.39 is 0 Å². The summed E-state index contributed by atoms with van der Waals surface area (Å²) in [7, 11) is 0. The predicted molar refractivity (Wildman–Crippen MR) is 121 cm³/mol. The summed E-state index contributed by atoms with van der Waals surface area (Å²) >= 11 is 1.37. The number of benzene rings is 1. The molecular weight excluding hydrogens is 414 g/mol. The number of hydrogen-bond donors (Lipinski definition) is 2. The molecule has 3 amide bonds. The van der Waals surface area contributed by atoms with Crippen molar-refractivity contribution in [3.63, 3.8) is 0 Å². The van der Waals surface area contributed by atoms with E-state index in [0.29, 0.717) is 22.9 Å². The topological polar surface area (TPSA) is 104 Å². The molecule has 1 aliphatic rings. The third kappa shape index (κ3) is 6.10. The molecule has 0 aliphatic carbocycles. The van der Waals surface area contributed by atoms with Gasteiger partial charge in [0.15, 0.2) is 0 Å². The summed E-state index contributed by atoms with van der Waals surface area (Å²) in [4.78, 5) is 38.7. The van der Waals surface area contributed by atoms with E-state index in [1.807, 2.05) is 13.8 Å². The van der Waals surface area contributed by atoms with Crippen molar-refractivity contribution in [3.05, 3.63) is 34.8 Å². The lowest BCUT2D eigenvalue weighted by molar-refractivity contribution is -0.129. The molecule has 1 aromatic heterocycles. The maximum Gasteiger partial charge on any atom is 0.257 e. The standard InChI is InChI=1S/C22H29N5O3S/c1-13(2)27-12-15(10-18(27)28)20(30)23-16-8-6-14(7-9-16)19(29)24-21-26-25-17(31-21)11-22(3,4)5/h6-9,13,15H,10-12H2,1-5H3,(H,23,30)(H,24,26,29). The Kier molecular flexibility index (Phi) is 6.74. The molecular formula is C22H29N5O3S. The highest BCUT2D eigenvalue weighted by molar-refractivity contribution is 7.15. The Hall–Kier alpha value is -2.81. The second-order valence-electron chi connectivity index (χ2n) is 9.30. The molecule has 3 rings (SSSR count). The van der Waals surface area contributed by atoms with Crippen molar-refractivity contribution < 1.29 is 14.4 Å². The van der Waals surface area contributed by atoms with Crippen LogP contribution in [-0.4, -0.2) is 45.4 Å². The molecule has 8 nitrogen and oxygen atoms in total. The third-order valence-electron chi connectivity index (χ3n) is 4.94. The van der Waals surface area contributed by atoms with Gasteiger partial charge in [-0.05, 0) is 43.5 Å². The summed E-state index contributed by atoms with van der Waals surface area (Å²) in [5.41, 5.74) is 1.13. The van der Waals surface area contributed by atoms with Crippen LogP contribution in [0.1, 0.15) is 56.4 Å². The molecule has 2 heterocycles. The molecule has 1 saturated heterocycles. The number of aromatic nitrogens is 2. The van der Waals surface area contributed by atoms with E-state index in [-0.39, 0.29) is 41.5 Å². The van der Waals surface area contributed by atoms with Crippen molar-refractivity contribution in [1.82, 2.24) is 15.1 Å². The van der Waals surface area contributed by atoms with E-state index in [4.69, 9.17) is 0 Å². The average Bonchev–Trinajstić information content (AvgIpc) is 3.27. The van der Waals surface area contributed by atoms with Gasteiger partial charge in [0.2, 0.25) is 16.9 Å². The summed E-state index contributed by atoms with van der Waals surface area (Å²) in [6.07, 6.45) is 1.01. The minimum atomic E-state index is -0.363. The Morgan fingerprint density at radius 2 is 1.84 bits per heavy atom. The Morgan fingerprint density at radius 1 is 1.16 bits per heavy atom. The molecule has 2 N–H and O–H groups in total. The molecule has 1 fully saturated rings. The van der Waals surface area contributed by atoms with Gasteiger partial charge in [0.1, 0.15) is 5.01 Å². The van der Waals surface area contributed by atoms with E-state index in [1.165, 1.54) is 11.3 Å². The normalized spacial score (nSPS) is 16.6. The first kappa shape index (κ1) is 22.9. The minimum absolute atomic E-state index is 0.00417. The number of nitrogens with zero attached hydrogens (tertiary/aromatic N) is 3. The zero-order chi connectivity index (χ0) is 22.8. The van der Waals surface area contributed by atoms with E-state index in [9.17, 15) is 14.4 Å². The van der Waals surface area contributed by atoms with E-state index >= 15 is 0 Å². The monoisotopic (exact) mass is 443 g/mol. The van der Waals surface area contributed by atoms with Crippen molar-refractivity contribution in [2.75, 3.05) is 17.2 Å². The van der Waals surface area contributed by atoms with Crippen molar-refractivity contribution in [1.29, 1.82) is 0 Å². The van der Waals surface area contributed by atoms with Crippen molar-refractivity contribution in [2.24, 2.45) is 11.3 Å². The molecule has 1 aromatic carbocycles. The van der Waals surface area contributed by atoms with Gasteiger partial charge in [0.25, 0.3) is 5.91 Å². The van der Waals surface area contributed by atoms with Gasteiger partial charge in [-0.2, -0.15) is 0 Å². The second-order valence-corrected chi connectivity index (χ2v) is 10.4. The zero-order valence-electron chi connectivity index (χ0n) is 18.6. The van der Waals surface area contributed by atoms with Crippen LogP contribution in [0, 0.1) is 11.3 Å². The zero-order valence-corrected chi connectivity index (χ0v) is 19.4. The van der Waals surface area contributed by atoms with Gasteiger partial charge >= 0.3 is 0 Å². The van der Waals surface area contributed by atoms with Gasteiger partial charge in [0.05, 0.1) is 5.92 Å². The van der Waals surface area contributed by atoms with E-state index in [0.717, 1.165) is 11.4 Å². The maximum absolute atomic E-state index is 12.5. The fourth-order valence-corrected chi connectivity index (χ4v) is 4.39. The lowest BCUT2D eigenvalue weighted by Gasteiger charge is -2.20. The van der Waals surface area contributed by atoms with Crippen LogP contribution < -0.4 is 10.6 Å². The Balaban J connectivity index is 1.56. The van der Waals surface area contributed by atoms with Crippen LogP contribution in [0.2, 0.25) is 0 Å². The van der Waals surface area contributed by atoms with Crippen LogP contribution in [0.3, 0.4) is 0 Å². The predicted octanol–water partition coefficient (Wildman–Crippen LogP) is 3.57. The summed E-state index contributed by atoms with van der Waals surface area (Å²) in [6.45, 7) is 10.7. The van der Waals surface area contributed by atoms with Crippen LogP contribution in [0.5, 0.6) is 0 Å². The molecule has 0 spiro atoms. The summed E-state index contributed by atoms with van der Waals surface area (Å²) < 4.78 is 0. The SMILES string of the molecule is CC(C)N1CC(C(=O)Nc2ccc(C(=O)Nc3nnc(CC(C)(C)C)s3)cc2)CC1=O. The van der Waals surface area contributed by atoms with Gasteiger partial charge in [0, 0.05) is 36.7 Å². The van der Waals surface area contributed by atoms with Gasteiger partial charge in [-0.25, -0.2) is 0 Å². The number of carbonyl (C=O) groups excluding carboxylic acids is 3. The number of likely N-dealkylation sites (tertiary alicyclic amines) is 1. The molecule has 0 bridgehead atoms. The molecule has 0 saturated carbocycles. The van der Waals surface area contributed by atoms with Gasteiger partial charge in [-0.15, -0.1) is 10.2 Å². The quantitative estimate of drug-likeness (QED) is 0.710. The highest BCUT2D eigenvalue weighted by Gasteiger charge is 2.35. The molecule has 9 heteroatoms. The molecule has 31 heavy (non-hydrogen) atoms. The molecule has 1 atom stereocenters. The van der Waals surface area contributed by atoms with Gasteiger partial charge in [-0.3, -0.25) is 19.7 Å². The number of rotatable bonds is 6. The first-order valence-electron chi connectivity index (χ1n) is 10.4. The lowest BCUT2D eigenvalue weighted by Crippen LogP contribution is -2.33. The summed E-state index contributed by atoms with van der Waals surface area (Å²) in [6, 6.07) is 6.72. The van der Waals surface area contributed by atoms with Crippen LogP contribution in [0.15, 0.2) is 24.3 Å². The molecule has 0 radical (unpaired) electrons. The smallest absolute Gasteiger partial charge is 0.257 e. The molecule has 1 aliphatic heterocycles. The van der Waals surface area contributed by atoms with Gasteiger partial charge < -0.3 is 10.2 Å². The molecule has 2 aromatic rings. The summed E-state index contributed by atoms with van der Waals surface area (Å²) in [5.74, 6) is -0.832. The van der Waals surface area contributed by atoms with Crippen LogP contribution in [-0.2, 0) is 16.0 Å². The largest absolute Gasteiger partial charge is 0.339 e. The van der Waals surface area contributed by atoms with Crippen molar-refractivity contribution in [2.45, 2.75) is 53.5 Å². The van der Waals surface area contributed by atoms with Gasteiger partial charge in [-0.1, -0.05) is 32.1 Å². The van der Waals surface area contributed by atoms with Crippen LogP contribution >= 0.6 is 11.3 Å². The second kappa shape index (κ2) is 9.13. The third-order valence-corrected chi connectivity index (χ3v) is 5.77. The number of hydrogen-bond acceptors (Lipinski definition) is 6. The van der Waals surface area contributed by atoms with Crippen molar-refractivity contribution in [3.8, 4) is 0 Å². The van der Waals surface area contributed by atoms with E-state index in [2.05, 4.69) is 41.6 Å². The average molecular weight is 444 g/mol. The summed E-state index contributed by atoms with van der Waals surface area (Å²) in [5, 5.41) is 15.1. The highest BCUT2D eigenvalue weighted by Crippen LogP contribution is 2.25. The minimum Gasteiger partial charge on any atom is -0.339 e. The number of amides is 3. The molecule has 166 valence electrons. The Bertz CT molecular complexity index is 962. The molecule has 1 unspecified atom stereocenters. The van der Waals surface area contributed by atoms with Crippen LogP contribution in [0.25, 0.3) is 0 Å². The number of carbonyl (C=O) groups is 3. The fraction of sp³-hybridized carbons (Fsp3) is 0.500. The van der Waals surface area contributed by atoms with Crippen molar-refractivity contribution >= 4 is 39.9 Å².